The molecule has 0 amide bonds. The van der Waals surface area contributed by atoms with Crippen LogP contribution < -0.4 is 15.4 Å². The van der Waals surface area contributed by atoms with Crippen molar-refractivity contribution in [3.8, 4) is 0 Å². The smallest absolute Gasteiger partial charge is 0.250 e. The number of thiophene rings is 1. The summed E-state index contributed by atoms with van der Waals surface area (Å²) in [4.78, 5) is 4.49. The number of guanidine groups is 1. The molecule has 0 aliphatic heterocycles. The highest BCUT2D eigenvalue weighted by molar-refractivity contribution is 14.0. The van der Waals surface area contributed by atoms with Crippen LogP contribution in [-0.2, 0) is 16.6 Å². The van der Waals surface area contributed by atoms with Gasteiger partial charge in [0, 0.05) is 25.8 Å². The van der Waals surface area contributed by atoms with Gasteiger partial charge in [0.05, 0.1) is 0 Å². The molecule has 0 aliphatic rings. The summed E-state index contributed by atoms with van der Waals surface area (Å²) < 4.78 is 28.9. The minimum absolute atomic E-state index is 0. The fourth-order valence-electron chi connectivity index (χ4n) is 2.34. The van der Waals surface area contributed by atoms with E-state index in [9.17, 15) is 8.42 Å². The summed E-state index contributed by atoms with van der Waals surface area (Å²) in [5.74, 6) is 1.31. The minimum atomic E-state index is -3.45. The lowest BCUT2D eigenvalue weighted by atomic mass is 10.4. The van der Waals surface area contributed by atoms with Gasteiger partial charge in [-0.05, 0) is 30.5 Å². The van der Waals surface area contributed by atoms with Crippen molar-refractivity contribution in [1.29, 1.82) is 0 Å². The van der Waals surface area contributed by atoms with E-state index in [4.69, 9.17) is 0 Å². The molecule has 0 saturated carbocycles. The molecule has 0 bridgehead atoms. The molecule has 0 unspecified atom stereocenters. The van der Waals surface area contributed by atoms with Crippen LogP contribution in [0.25, 0.3) is 5.65 Å². The van der Waals surface area contributed by atoms with Gasteiger partial charge in [0.1, 0.15) is 10.8 Å². The van der Waals surface area contributed by atoms with Crippen molar-refractivity contribution in [2.45, 2.75) is 17.7 Å². The number of aliphatic imine (C=N–C) groups is 1. The number of nitrogens with one attached hydrogen (secondary N) is 3. The van der Waals surface area contributed by atoms with Gasteiger partial charge >= 0.3 is 0 Å². The first-order valence-electron chi connectivity index (χ1n) is 8.44. The standard InChI is InChI=1S/C16H21N7O2S2.HI/c1-2-17-16(18-8-9-20-27(24,25)15-7-5-11-26-15)19-12-14-22-21-13-6-3-4-10-23(13)14;/h3-7,10-11,20H,2,8-9,12H2,1H3,(H2,17,18,19);1H. The summed E-state index contributed by atoms with van der Waals surface area (Å²) in [6.45, 7) is 3.65. The van der Waals surface area contributed by atoms with Gasteiger partial charge in [-0.2, -0.15) is 0 Å². The number of aromatic nitrogens is 3. The molecule has 0 saturated heterocycles. The normalized spacial score (nSPS) is 12.0. The van der Waals surface area contributed by atoms with Crippen LogP contribution in [0.15, 0.2) is 51.1 Å². The third-order valence-electron chi connectivity index (χ3n) is 3.58. The van der Waals surface area contributed by atoms with Crippen molar-refractivity contribution >= 4 is 56.9 Å². The molecule has 12 heteroatoms. The highest BCUT2D eigenvalue weighted by atomic mass is 127. The van der Waals surface area contributed by atoms with Gasteiger partial charge < -0.3 is 10.6 Å². The van der Waals surface area contributed by atoms with Crippen LogP contribution in [0, 0.1) is 0 Å². The van der Waals surface area contributed by atoms with Gasteiger partial charge in [-0.3, -0.25) is 4.40 Å². The average Bonchev–Trinajstić information content (AvgIpc) is 3.33. The molecule has 9 nitrogen and oxygen atoms in total. The van der Waals surface area contributed by atoms with Gasteiger partial charge in [-0.15, -0.1) is 45.5 Å². The predicted molar refractivity (Wildman–Crippen MR) is 121 cm³/mol. The van der Waals surface area contributed by atoms with Gasteiger partial charge in [0.25, 0.3) is 0 Å². The van der Waals surface area contributed by atoms with E-state index in [1.807, 2.05) is 35.7 Å². The number of sulfonamides is 1. The molecular formula is C16H22IN7O2S2. The van der Waals surface area contributed by atoms with Crippen molar-refractivity contribution in [3.05, 3.63) is 47.7 Å². The zero-order valence-corrected chi connectivity index (χ0v) is 19.2. The fraction of sp³-hybridized carbons (Fsp3) is 0.312. The molecule has 0 atom stereocenters. The largest absolute Gasteiger partial charge is 0.357 e. The van der Waals surface area contributed by atoms with E-state index >= 15 is 0 Å². The fourth-order valence-corrected chi connectivity index (χ4v) is 4.41. The van der Waals surface area contributed by atoms with Crippen LogP contribution in [0.2, 0.25) is 0 Å². The first kappa shape index (κ1) is 22.5. The molecule has 0 aromatic carbocycles. The highest BCUT2D eigenvalue weighted by Gasteiger charge is 2.13. The van der Waals surface area contributed by atoms with Crippen LogP contribution in [0.3, 0.4) is 0 Å². The first-order valence-corrected chi connectivity index (χ1v) is 10.8. The summed E-state index contributed by atoms with van der Waals surface area (Å²) in [5.41, 5.74) is 0.767. The van der Waals surface area contributed by atoms with E-state index < -0.39 is 10.0 Å². The number of hydrogen-bond acceptors (Lipinski definition) is 6. The average molecular weight is 535 g/mol. The highest BCUT2D eigenvalue weighted by Crippen LogP contribution is 2.14. The molecule has 0 spiro atoms. The summed E-state index contributed by atoms with van der Waals surface area (Å²) >= 11 is 1.19. The lowest BCUT2D eigenvalue weighted by Crippen LogP contribution is -2.41. The Bertz CT molecular complexity index is 1000. The second-order valence-corrected chi connectivity index (χ2v) is 8.44. The SMILES string of the molecule is CCNC(=NCc1nnc2ccccn12)NCCNS(=O)(=O)c1cccs1.I. The van der Waals surface area contributed by atoms with E-state index in [0.717, 1.165) is 11.5 Å². The molecule has 0 radical (unpaired) electrons. The molecule has 3 rings (SSSR count). The number of halogens is 1. The Balaban J connectivity index is 0.00000280. The van der Waals surface area contributed by atoms with Gasteiger partial charge in [-0.1, -0.05) is 12.1 Å². The number of pyridine rings is 1. The van der Waals surface area contributed by atoms with Crippen LogP contribution in [0.4, 0.5) is 0 Å². The Morgan fingerprint density at radius 2 is 2.04 bits per heavy atom. The van der Waals surface area contributed by atoms with Crippen LogP contribution in [0.1, 0.15) is 12.7 Å². The monoisotopic (exact) mass is 535 g/mol. The minimum Gasteiger partial charge on any atom is -0.357 e. The molecular weight excluding hydrogens is 513 g/mol. The second-order valence-electron chi connectivity index (χ2n) is 5.50. The number of fused-ring (bicyclic) bond motifs is 1. The van der Waals surface area contributed by atoms with E-state index in [1.54, 1.807) is 17.5 Å². The quantitative estimate of drug-likeness (QED) is 0.174. The molecule has 28 heavy (non-hydrogen) atoms. The molecule has 0 aliphatic carbocycles. The van der Waals surface area contributed by atoms with Crippen LogP contribution >= 0.6 is 35.3 Å². The number of rotatable bonds is 8. The molecule has 3 aromatic rings. The third-order valence-corrected chi connectivity index (χ3v) is 6.44. The van der Waals surface area contributed by atoms with Crippen molar-refractivity contribution < 1.29 is 8.42 Å². The van der Waals surface area contributed by atoms with Crippen LogP contribution in [-0.4, -0.2) is 48.6 Å². The summed E-state index contributed by atoms with van der Waals surface area (Å²) in [6, 6.07) is 8.98. The lowest BCUT2D eigenvalue weighted by Gasteiger charge is -2.11. The number of hydrogen-bond donors (Lipinski definition) is 3. The van der Waals surface area contributed by atoms with Gasteiger partial charge in [0.2, 0.25) is 10.0 Å². The van der Waals surface area contributed by atoms with E-state index in [2.05, 4.69) is 30.5 Å². The first-order chi connectivity index (χ1) is 13.1. The van der Waals surface area contributed by atoms with Crippen molar-refractivity contribution in [2.75, 3.05) is 19.6 Å². The summed E-state index contributed by atoms with van der Waals surface area (Å²) in [6.07, 6.45) is 1.89. The van der Waals surface area contributed by atoms with Crippen molar-refractivity contribution in [2.24, 2.45) is 4.99 Å². The van der Waals surface area contributed by atoms with E-state index in [0.29, 0.717) is 29.8 Å². The maximum atomic E-state index is 12.1. The molecule has 3 heterocycles. The van der Waals surface area contributed by atoms with Crippen LogP contribution in [0.5, 0.6) is 0 Å². The predicted octanol–water partition coefficient (Wildman–Crippen LogP) is 1.44. The Morgan fingerprint density at radius 3 is 2.79 bits per heavy atom. The lowest BCUT2D eigenvalue weighted by molar-refractivity contribution is 0.582. The molecule has 152 valence electrons. The maximum Gasteiger partial charge on any atom is 0.250 e. The summed E-state index contributed by atoms with van der Waals surface area (Å²) in [5, 5.41) is 16.2. The Labute approximate surface area is 184 Å². The Morgan fingerprint density at radius 1 is 1.18 bits per heavy atom. The summed E-state index contributed by atoms with van der Waals surface area (Å²) in [7, 11) is -3.45. The van der Waals surface area contributed by atoms with Gasteiger partial charge in [0.15, 0.2) is 17.4 Å². The molecule has 3 aromatic heterocycles. The maximum absolute atomic E-state index is 12.1. The Kier molecular flexibility index (Phi) is 8.59. The zero-order chi connectivity index (χ0) is 19.1. The topological polar surface area (TPSA) is 113 Å². The van der Waals surface area contributed by atoms with E-state index in [-0.39, 0.29) is 30.5 Å². The Hall–Kier alpha value is -1.77. The molecule has 0 fully saturated rings. The van der Waals surface area contributed by atoms with E-state index in [1.165, 1.54) is 11.3 Å². The third kappa shape index (κ3) is 5.86. The second kappa shape index (κ2) is 10.7. The van der Waals surface area contributed by atoms with Crippen molar-refractivity contribution in [3.63, 3.8) is 0 Å². The van der Waals surface area contributed by atoms with Gasteiger partial charge in [-0.25, -0.2) is 18.1 Å². The zero-order valence-electron chi connectivity index (χ0n) is 15.2. The number of nitrogens with zero attached hydrogens (tertiary/aromatic N) is 4. The molecule has 3 N–H and O–H groups in total. The van der Waals surface area contributed by atoms with Crippen molar-refractivity contribution in [1.82, 2.24) is 30.0 Å².